The third kappa shape index (κ3) is 49.0. The number of rotatable bonds is 29. The molecule has 0 aliphatic carbocycles. The Hall–Kier alpha value is -0.658. The maximum absolute atomic E-state index is 5.76. The molecule has 0 spiro atoms. The maximum atomic E-state index is 5.76. The van der Waals surface area contributed by atoms with E-state index in [4.69, 9.17) is 77.7 Å². The minimum Gasteiger partial charge on any atom is -1.00 e. The van der Waals surface area contributed by atoms with E-state index in [0.717, 1.165) is 62.6 Å². The average Bonchev–Trinajstić information content (AvgIpc) is 3.26. The fourth-order valence-corrected chi connectivity index (χ4v) is 10.1. The van der Waals surface area contributed by atoms with E-state index in [1.54, 1.807) is 23.5 Å². The molecule has 8 rings (SSSR count). The van der Waals surface area contributed by atoms with Gasteiger partial charge in [-0.3, -0.25) is 0 Å². The Kier molecular flexibility index (Phi) is 68.8. The molecule has 0 atom stereocenters. The zero-order valence-electron chi connectivity index (χ0n) is 50.2. The van der Waals surface area contributed by atoms with Gasteiger partial charge in [0.05, 0.1) is 91.9 Å². The van der Waals surface area contributed by atoms with Crippen molar-refractivity contribution >= 4 is 224 Å². The Morgan fingerprint density at radius 1 is 0.370 bits per heavy atom. The minimum atomic E-state index is 0. The molecule has 8 aromatic rings. The van der Waals surface area contributed by atoms with Crippen molar-refractivity contribution in [1.29, 1.82) is 0 Å². The summed E-state index contributed by atoms with van der Waals surface area (Å²) in [5, 5.41) is 1.76. The van der Waals surface area contributed by atoms with Crippen LogP contribution >= 0.6 is 148 Å². The van der Waals surface area contributed by atoms with Crippen LogP contribution in [0.1, 0.15) is 68.6 Å². The van der Waals surface area contributed by atoms with Gasteiger partial charge in [0.25, 0.3) is 0 Å². The number of hydrogen-bond donors (Lipinski definition) is 0. The van der Waals surface area contributed by atoms with Gasteiger partial charge < -0.3 is 87.2 Å². The van der Waals surface area contributed by atoms with Gasteiger partial charge in [0, 0.05) is 26.5 Å². The van der Waals surface area contributed by atoms with Crippen molar-refractivity contribution in [2.75, 3.05) is 57.1 Å². The van der Waals surface area contributed by atoms with Crippen molar-refractivity contribution in [3.8, 4) is 0 Å². The summed E-state index contributed by atoms with van der Waals surface area (Å²) in [7, 11) is 0. The van der Waals surface area contributed by atoms with Crippen LogP contribution in [0.5, 0.6) is 0 Å². The van der Waals surface area contributed by atoms with Crippen LogP contribution in [0.25, 0.3) is 0 Å². The molecule has 22 heteroatoms. The van der Waals surface area contributed by atoms with Gasteiger partial charge in [-0.05, 0) is 85.6 Å². The minimum absolute atomic E-state index is 0. The van der Waals surface area contributed by atoms with E-state index in [2.05, 4.69) is 216 Å². The Labute approximate surface area is 676 Å². The van der Waals surface area contributed by atoms with Crippen LogP contribution < -0.4 is 34.0 Å². The number of hydrogen-bond acceptors (Lipinski definition) is 14. The zero-order valence-corrected chi connectivity index (χ0v) is 69.1. The van der Waals surface area contributed by atoms with Crippen LogP contribution in [0.4, 0.5) is 0 Å². The van der Waals surface area contributed by atoms with Gasteiger partial charge in [0.2, 0.25) is 0 Å². The SMILES string of the molecule is BrCBr.BrCc1ccc(COCCOCCOCc2ccc(CBr)cc2)cc1.C.S=C(SCc1ccc(COCCOCCOCc2ccc(CSC(=S)c3ccccc3)cc2)cc1)c1ccccc1.S=C([S-])c1ccccc1.S=C=S.[Br-].[Br-].[Mg+2].[Mg+2].[c-]1ccccc1. The molecule has 0 N–H and O–H groups in total. The Bertz CT molecular complexity index is 2860. The molecule has 6 nitrogen and oxygen atoms in total. The summed E-state index contributed by atoms with van der Waals surface area (Å²) >= 11 is 44.9. The van der Waals surface area contributed by atoms with Crippen molar-refractivity contribution in [2.24, 2.45) is 0 Å². The van der Waals surface area contributed by atoms with Crippen molar-refractivity contribution in [3.63, 3.8) is 0 Å². The summed E-state index contributed by atoms with van der Waals surface area (Å²) in [6.07, 6.45) is 0. The second kappa shape index (κ2) is 66.2. The predicted octanol–water partition coefficient (Wildman–Crippen LogP) is 13.9. The first kappa shape index (κ1) is 95.5. The molecule has 0 heterocycles. The molecule has 484 valence electrons. The fourth-order valence-electron chi connectivity index (χ4n) is 6.88. The van der Waals surface area contributed by atoms with Crippen LogP contribution in [0, 0.1) is 6.07 Å². The predicted molar refractivity (Wildman–Crippen MR) is 422 cm³/mol. The van der Waals surface area contributed by atoms with Gasteiger partial charge in [-0.1, -0.05) is 284 Å². The average molecular weight is 1800 g/mol. The first-order valence-corrected chi connectivity index (χ1v) is 36.2. The quantitative estimate of drug-likeness (QED) is 0.0112. The van der Waals surface area contributed by atoms with Gasteiger partial charge in [-0.25, -0.2) is 0 Å². The molecule has 0 radical (unpaired) electrons. The first-order valence-electron chi connectivity index (χ1n) is 27.3. The Balaban J connectivity index is -0.00000131. The molecular formula is C70H74Br6Mg2O6S8. The van der Waals surface area contributed by atoms with E-state index < -0.39 is 0 Å². The van der Waals surface area contributed by atoms with Crippen molar-refractivity contribution < 1.29 is 62.4 Å². The molecule has 0 amide bonds. The fraction of sp³-hybridized carbons (Fsp3) is 0.257. The van der Waals surface area contributed by atoms with Crippen LogP contribution in [-0.4, -0.2) is 120 Å². The van der Waals surface area contributed by atoms with E-state index in [9.17, 15) is 0 Å². The van der Waals surface area contributed by atoms with Crippen LogP contribution in [-0.2, 0) is 89.6 Å². The topological polar surface area (TPSA) is 55.4 Å². The monoisotopic (exact) mass is 1790 g/mol. The van der Waals surface area contributed by atoms with Gasteiger partial charge in [0.1, 0.15) is 0 Å². The van der Waals surface area contributed by atoms with Gasteiger partial charge in [-0.15, -0.1) is 27.7 Å². The number of benzene rings is 8. The third-order valence-electron chi connectivity index (χ3n) is 11.3. The van der Waals surface area contributed by atoms with E-state index in [0.29, 0.717) is 83.5 Å². The second-order valence-electron chi connectivity index (χ2n) is 17.8. The Morgan fingerprint density at radius 2 is 0.598 bits per heavy atom. The van der Waals surface area contributed by atoms with Crippen LogP contribution in [0.3, 0.4) is 0 Å². The first-order chi connectivity index (χ1) is 42.6. The number of alkyl halides is 4. The summed E-state index contributed by atoms with van der Waals surface area (Å²) in [5.41, 5.74) is 12.9. The normalized spacial score (nSPS) is 9.52. The molecule has 0 aromatic heterocycles. The van der Waals surface area contributed by atoms with E-state index in [1.165, 1.54) is 33.4 Å². The third-order valence-corrected chi connectivity index (χ3v) is 16.2. The molecule has 0 saturated heterocycles. The van der Waals surface area contributed by atoms with Gasteiger partial charge in [0.15, 0.2) is 0 Å². The van der Waals surface area contributed by atoms with E-state index in [-0.39, 0.29) is 87.5 Å². The second-order valence-corrected chi connectivity index (χ2v) is 26.6. The van der Waals surface area contributed by atoms with Crippen LogP contribution in [0.2, 0.25) is 0 Å². The van der Waals surface area contributed by atoms with Crippen molar-refractivity contribution in [3.05, 3.63) is 286 Å². The molecule has 0 aliphatic heterocycles. The molecule has 0 aliphatic rings. The number of thiocarbonyl (C=S) groups is 5. The van der Waals surface area contributed by atoms with Gasteiger partial charge >= 0.3 is 46.1 Å². The van der Waals surface area contributed by atoms with Gasteiger partial charge in [-0.2, -0.15) is 36.4 Å². The molecule has 0 fully saturated rings. The standard InChI is InChI=1S/C34H34O3S4.C20H24Br2O3.C7H6S2.C6H5.CH2Br2.CS2.CH4.2BrH.2Mg/c38-33(31-7-3-1-4-8-31)40-25-29-15-11-27(12-16-29)23-36-21-19-35-20-22-37-24-28-13-17-30(18-14-28)26-41-34(39)32-9-5-2-6-10-32;21-13-17-1-5-19(6-2-17)15-24-11-9-23-10-12-25-16-20-7-3-18(14-22)4-8-20;8-7(9)6-4-2-1-3-5-6;1-2-4-6-5-3-1;2*2-1-3;;;;;/h1-18H,19-26H2;1-8H,9-16H2;1-5H,(H,8,9);1-5H;1H2;;1H4;2*1H;;/q;;;-1;;;;;;2*+2/p-3. The zero-order chi connectivity index (χ0) is 62.6. The Morgan fingerprint density at radius 3 is 0.815 bits per heavy atom. The number of halogens is 6. The summed E-state index contributed by atoms with van der Waals surface area (Å²) in [6, 6.07) is 76.2. The number of thioether (sulfide) groups is 2. The summed E-state index contributed by atoms with van der Waals surface area (Å²) < 4.78 is 39.1. The van der Waals surface area contributed by atoms with E-state index in [1.807, 2.05) is 101 Å². The smallest absolute Gasteiger partial charge is 1.00 e. The summed E-state index contributed by atoms with van der Waals surface area (Å²) in [5.74, 6) is 1.72. The molecule has 8 aromatic carbocycles. The number of ether oxygens (including phenoxy) is 6. The van der Waals surface area contributed by atoms with E-state index >= 15 is 0 Å². The van der Waals surface area contributed by atoms with Crippen molar-refractivity contribution in [1.82, 2.24) is 0 Å². The molecule has 0 saturated carbocycles. The molecule has 0 bridgehead atoms. The maximum Gasteiger partial charge on any atom is 2.00 e. The molecule has 92 heavy (non-hydrogen) atoms. The molecule has 0 unspecified atom stereocenters. The van der Waals surface area contributed by atoms with Crippen LogP contribution in [0.15, 0.2) is 218 Å². The molecular weight excluding hydrogens is 1720 g/mol. The summed E-state index contributed by atoms with van der Waals surface area (Å²) in [4.78, 5) is 0. The largest absolute Gasteiger partial charge is 2.00 e. The summed E-state index contributed by atoms with van der Waals surface area (Å²) in [6.45, 7) is 6.93. The van der Waals surface area contributed by atoms with Crippen molar-refractivity contribution in [2.45, 2.75) is 56.0 Å².